The van der Waals surface area contributed by atoms with E-state index in [2.05, 4.69) is 20.7 Å². The first-order valence-corrected chi connectivity index (χ1v) is 9.13. The van der Waals surface area contributed by atoms with Crippen molar-refractivity contribution in [1.29, 1.82) is 0 Å². The van der Waals surface area contributed by atoms with E-state index in [9.17, 15) is 4.79 Å². The first-order chi connectivity index (χ1) is 12.7. The van der Waals surface area contributed by atoms with E-state index >= 15 is 0 Å². The second-order valence-corrected chi connectivity index (χ2v) is 6.74. The molecule has 1 fully saturated rings. The van der Waals surface area contributed by atoms with Crippen molar-refractivity contribution in [3.8, 4) is 5.82 Å². The van der Waals surface area contributed by atoms with Gasteiger partial charge in [-0.1, -0.05) is 18.9 Å². The highest BCUT2D eigenvalue weighted by Gasteiger charge is 2.29. The quantitative estimate of drug-likeness (QED) is 0.728. The number of pyridine rings is 1. The van der Waals surface area contributed by atoms with Crippen LogP contribution in [0.25, 0.3) is 5.82 Å². The average Bonchev–Trinajstić information content (AvgIpc) is 3.29. The molecular weight excluding hydrogens is 326 g/mol. The molecule has 1 atom stereocenters. The van der Waals surface area contributed by atoms with E-state index in [0.29, 0.717) is 11.5 Å². The molecule has 1 saturated heterocycles. The zero-order chi connectivity index (χ0) is 17.9. The van der Waals surface area contributed by atoms with E-state index < -0.39 is 0 Å². The molecule has 1 aliphatic rings. The van der Waals surface area contributed by atoms with Gasteiger partial charge in [-0.2, -0.15) is 5.10 Å². The molecule has 0 spiro atoms. The summed E-state index contributed by atoms with van der Waals surface area (Å²) >= 11 is 0. The summed E-state index contributed by atoms with van der Waals surface area (Å²) in [5, 5.41) is 4.21. The Labute approximate surface area is 153 Å². The average molecular weight is 349 g/mol. The minimum absolute atomic E-state index is 0.00731. The van der Waals surface area contributed by atoms with Crippen molar-refractivity contribution in [3.63, 3.8) is 0 Å². The third-order valence-electron chi connectivity index (χ3n) is 5.03. The number of amides is 1. The minimum Gasteiger partial charge on any atom is -0.353 e. The van der Waals surface area contributed by atoms with E-state index in [1.54, 1.807) is 16.9 Å². The second kappa shape index (κ2) is 7.15. The lowest BCUT2D eigenvalue weighted by molar-refractivity contribution is 0.0668. The molecule has 3 aromatic rings. The Morgan fingerprint density at radius 3 is 2.77 bits per heavy atom. The first-order valence-electron chi connectivity index (χ1n) is 9.13. The van der Waals surface area contributed by atoms with Gasteiger partial charge in [-0.25, -0.2) is 9.67 Å². The highest BCUT2D eigenvalue weighted by Crippen LogP contribution is 2.31. The molecule has 134 valence electrons. The van der Waals surface area contributed by atoms with Gasteiger partial charge in [0.2, 0.25) is 0 Å². The van der Waals surface area contributed by atoms with Crippen LogP contribution < -0.4 is 0 Å². The third kappa shape index (κ3) is 3.14. The predicted molar refractivity (Wildman–Crippen MR) is 99.0 cm³/mol. The van der Waals surface area contributed by atoms with Gasteiger partial charge in [0.15, 0.2) is 5.82 Å². The van der Waals surface area contributed by atoms with Gasteiger partial charge in [-0.15, -0.1) is 0 Å². The summed E-state index contributed by atoms with van der Waals surface area (Å²) in [6.45, 7) is 0.766. The highest BCUT2D eigenvalue weighted by molar-refractivity contribution is 5.92. The number of aryl methyl sites for hydroxylation is 1. The van der Waals surface area contributed by atoms with Crippen molar-refractivity contribution in [2.45, 2.75) is 31.7 Å². The van der Waals surface area contributed by atoms with Crippen LogP contribution in [0.5, 0.6) is 0 Å². The summed E-state index contributed by atoms with van der Waals surface area (Å²) in [6, 6.07) is 11.6. The van der Waals surface area contributed by atoms with E-state index in [1.165, 1.54) is 5.69 Å². The molecule has 6 heteroatoms. The molecule has 0 aromatic carbocycles. The molecule has 0 N–H and O–H groups in total. The zero-order valence-electron chi connectivity index (χ0n) is 15.0. The minimum atomic E-state index is -0.00731. The second-order valence-electron chi connectivity index (χ2n) is 6.74. The molecule has 0 unspecified atom stereocenters. The maximum Gasteiger partial charge on any atom is 0.273 e. The molecule has 3 aromatic heterocycles. The monoisotopic (exact) mass is 349 g/mol. The number of hydrogen-bond acceptors (Lipinski definition) is 3. The number of nitrogens with zero attached hydrogens (tertiary/aromatic N) is 5. The number of likely N-dealkylation sites (tertiary alicyclic amines) is 1. The summed E-state index contributed by atoms with van der Waals surface area (Å²) in [7, 11) is 2.04. The summed E-state index contributed by atoms with van der Waals surface area (Å²) in [5.74, 6) is 0.651. The van der Waals surface area contributed by atoms with Crippen LogP contribution >= 0.6 is 0 Å². The summed E-state index contributed by atoms with van der Waals surface area (Å²) in [4.78, 5) is 19.9. The fraction of sp³-hybridized carbons (Fsp3) is 0.350. The molecule has 6 nitrogen and oxygen atoms in total. The van der Waals surface area contributed by atoms with Crippen LogP contribution in [0.15, 0.2) is 55.0 Å². The van der Waals surface area contributed by atoms with E-state index in [-0.39, 0.29) is 11.9 Å². The molecule has 4 rings (SSSR count). The normalized spacial score (nSPS) is 17.9. The van der Waals surface area contributed by atoms with Crippen molar-refractivity contribution < 1.29 is 4.79 Å². The molecule has 4 heterocycles. The van der Waals surface area contributed by atoms with Gasteiger partial charge in [0.1, 0.15) is 5.69 Å². The topological polar surface area (TPSA) is 56.0 Å². The molecule has 0 bridgehead atoms. The van der Waals surface area contributed by atoms with Crippen molar-refractivity contribution in [2.24, 2.45) is 7.05 Å². The van der Waals surface area contributed by atoms with Crippen LogP contribution in [0.3, 0.4) is 0 Å². The third-order valence-corrected chi connectivity index (χ3v) is 5.03. The Balaban J connectivity index is 1.67. The number of carbonyl (C=O) groups is 1. The summed E-state index contributed by atoms with van der Waals surface area (Å²) in [5.41, 5.74) is 1.66. The van der Waals surface area contributed by atoms with Gasteiger partial charge in [-0.05, 0) is 43.2 Å². The lowest BCUT2D eigenvalue weighted by Gasteiger charge is -2.30. The maximum atomic E-state index is 13.3. The van der Waals surface area contributed by atoms with Crippen molar-refractivity contribution in [3.05, 3.63) is 66.4 Å². The SMILES string of the molecule is Cn1cccc1[C@H]1CCCCCN1C(=O)c1cccc(-n2cccn2)n1. The van der Waals surface area contributed by atoms with E-state index in [1.807, 2.05) is 48.6 Å². The zero-order valence-corrected chi connectivity index (χ0v) is 15.0. The van der Waals surface area contributed by atoms with Gasteiger partial charge < -0.3 is 9.47 Å². The van der Waals surface area contributed by atoms with Gasteiger partial charge in [-0.3, -0.25) is 4.79 Å². The standard InChI is InChI=1S/C20H23N5O/c1-23-13-6-10-17(23)18-9-3-2-4-14-24(18)20(26)16-8-5-11-19(22-16)25-15-7-12-21-25/h5-8,10-13,15,18H,2-4,9,14H2,1H3/t18-/m1/s1. The predicted octanol–water partition coefficient (Wildman–Crippen LogP) is 3.36. The summed E-state index contributed by atoms with van der Waals surface area (Å²) < 4.78 is 3.79. The largest absolute Gasteiger partial charge is 0.353 e. The fourth-order valence-corrected chi connectivity index (χ4v) is 3.70. The van der Waals surface area contributed by atoms with Crippen LogP contribution in [-0.4, -0.2) is 36.7 Å². The lowest BCUT2D eigenvalue weighted by atomic mass is 10.1. The van der Waals surface area contributed by atoms with Crippen LogP contribution in [0.2, 0.25) is 0 Å². The number of aromatic nitrogens is 4. The lowest BCUT2D eigenvalue weighted by Crippen LogP contribution is -2.36. The molecule has 0 saturated carbocycles. The summed E-state index contributed by atoms with van der Waals surface area (Å²) in [6.07, 6.45) is 9.89. The molecule has 1 aliphatic heterocycles. The Bertz CT molecular complexity index is 883. The van der Waals surface area contributed by atoms with Gasteiger partial charge in [0.25, 0.3) is 5.91 Å². The number of rotatable bonds is 3. The van der Waals surface area contributed by atoms with Gasteiger partial charge in [0, 0.05) is 37.9 Å². The van der Waals surface area contributed by atoms with Crippen LogP contribution in [0.1, 0.15) is 47.9 Å². The van der Waals surface area contributed by atoms with Gasteiger partial charge >= 0.3 is 0 Å². The van der Waals surface area contributed by atoms with Crippen LogP contribution in [0.4, 0.5) is 0 Å². The molecular formula is C20H23N5O. The molecule has 0 aliphatic carbocycles. The van der Waals surface area contributed by atoms with Crippen molar-refractivity contribution >= 4 is 5.91 Å². The van der Waals surface area contributed by atoms with Crippen molar-refractivity contribution in [1.82, 2.24) is 24.2 Å². The number of carbonyl (C=O) groups excluding carboxylic acids is 1. The number of hydrogen-bond donors (Lipinski definition) is 0. The van der Waals surface area contributed by atoms with E-state index in [0.717, 1.165) is 32.2 Å². The Morgan fingerprint density at radius 1 is 1.08 bits per heavy atom. The molecule has 0 radical (unpaired) electrons. The first kappa shape index (κ1) is 16.6. The smallest absolute Gasteiger partial charge is 0.273 e. The molecule has 1 amide bonds. The Morgan fingerprint density at radius 2 is 2.00 bits per heavy atom. The van der Waals surface area contributed by atoms with E-state index in [4.69, 9.17) is 0 Å². The fourth-order valence-electron chi connectivity index (χ4n) is 3.70. The van der Waals surface area contributed by atoms with Crippen molar-refractivity contribution in [2.75, 3.05) is 6.54 Å². The maximum absolute atomic E-state index is 13.3. The Hall–Kier alpha value is -2.89. The van der Waals surface area contributed by atoms with Crippen LogP contribution in [-0.2, 0) is 7.05 Å². The van der Waals surface area contributed by atoms with Crippen LogP contribution in [0, 0.1) is 0 Å². The Kier molecular flexibility index (Phi) is 4.56. The van der Waals surface area contributed by atoms with Gasteiger partial charge in [0.05, 0.1) is 6.04 Å². The highest BCUT2D eigenvalue weighted by atomic mass is 16.2. The molecule has 26 heavy (non-hydrogen) atoms.